The predicted molar refractivity (Wildman–Crippen MR) is 132 cm³/mol. The standard InChI is InChI=1S/C26H23ClN4O3/c1-2-17-33-22-10-6-20(7-11-22)25(32)30-13-15-31(16-14-30)26-23(18-28)29-24(34-26)12-5-19-3-8-21(27)9-4-19/h2-12H,1,13-17H2. The van der Waals surface area contributed by atoms with Crippen LogP contribution in [0.25, 0.3) is 12.2 Å². The number of nitrogens with zero attached hydrogens (tertiary/aromatic N) is 4. The van der Waals surface area contributed by atoms with Gasteiger partial charge < -0.3 is 19.0 Å². The Labute approximate surface area is 203 Å². The van der Waals surface area contributed by atoms with Crippen LogP contribution in [-0.4, -0.2) is 48.6 Å². The minimum atomic E-state index is -0.0421. The molecule has 1 amide bonds. The van der Waals surface area contributed by atoms with Crippen molar-refractivity contribution in [2.24, 2.45) is 0 Å². The summed E-state index contributed by atoms with van der Waals surface area (Å²) in [6, 6.07) is 16.5. The van der Waals surface area contributed by atoms with Gasteiger partial charge >= 0.3 is 0 Å². The van der Waals surface area contributed by atoms with Gasteiger partial charge in [-0.3, -0.25) is 4.79 Å². The third kappa shape index (κ3) is 5.48. The zero-order valence-corrected chi connectivity index (χ0v) is 19.2. The molecule has 172 valence electrons. The monoisotopic (exact) mass is 474 g/mol. The SMILES string of the molecule is C=CCOc1ccc(C(=O)N2CCN(c3oc(C=Cc4ccc(Cl)cc4)nc3C#N)CC2)cc1. The van der Waals surface area contributed by atoms with Crippen molar-refractivity contribution < 1.29 is 13.9 Å². The molecule has 0 radical (unpaired) electrons. The van der Waals surface area contributed by atoms with Crippen molar-refractivity contribution in [3.8, 4) is 11.8 Å². The van der Waals surface area contributed by atoms with Crippen molar-refractivity contribution >= 4 is 35.5 Å². The summed E-state index contributed by atoms with van der Waals surface area (Å²) in [4.78, 5) is 20.9. The molecule has 34 heavy (non-hydrogen) atoms. The van der Waals surface area contributed by atoms with Gasteiger partial charge in [0.1, 0.15) is 18.4 Å². The van der Waals surface area contributed by atoms with Crippen molar-refractivity contribution in [1.29, 1.82) is 5.26 Å². The van der Waals surface area contributed by atoms with E-state index in [0.717, 1.165) is 5.56 Å². The van der Waals surface area contributed by atoms with E-state index in [1.807, 2.05) is 23.1 Å². The summed E-state index contributed by atoms with van der Waals surface area (Å²) in [6.07, 6.45) is 5.23. The highest BCUT2D eigenvalue weighted by Crippen LogP contribution is 2.25. The zero-order valence-electron chi connectivity index (χ0n) is 18.5. The van der Waals surface area contributed by atoms with Crippen LogP contribution in [0.15, 0.2) is 65.6 Å². The lowest BCUT2D eigenvalue weighted by Crippen LogP contribution is -2.48. The van der Waals surface area contributed by atoms with Crippen LogP contribution in [0.1, 0.15) is 27.5 Å². The van der Waals surface area contributed by atoms with Gasteiger partial charge in [-0.2, -0.15) is 10.2 Å². The van der Waals surface area contributed by atoms with Crippen LogP contribution >= 0.6 is 11.6 Å². The molecule has 1 saturated heterocycles. The molecule has 1 aliphatic rings. The number of benzene rings is 2. The molecule has 0 spiro atoms. The Morgan fingerprint density at radius 1 is 1.12 bits per heavy atom. The van der Waals surface area contributed by atoms with E-state index < -0.39 is 0 Å². The zero-order chi connectivity index (χ0) is 23.9. The number of hydrogen-bond donors (Lipinski definition) is 0. The van der Waals surface area contributed by atoms with Crippen molar-refractivity contribution in [1.82, 2.24) is 9.88 Å². The summed E-state index contributed by atoms with van der Waals surface area (Å²) in [7, 11) is 0. The van der Waals surface area contributed by atoms with Crippen molar-refractivity contribution in [2.75, 3.05) is 37.7 Å². The summed E-state index contributed by atoms with van der Waals surface area (Å²) in [5.74, 6) is 1.42. The largest absolute Gasteiger partial charge is 0.490 e. The lowest BCUT2D eigenvalue weighted by Gasteiger charge is -2.34. The fourth-order valence-electron chi connectivity index (χ4n) is 3.57. The quantitative estimate of drug-likeness (QED) is 0.453. The Kier molecular flexibility index (Phi) is 7.31. The first kappa shape index (κ1) is 23.1. The molecule has 0 bridgehead atoms. The van der Waals surface area contributed by atoms with E-state index in [0.29, 0.717) is 60.9 Å². The highest BCUT2D eigenvalue weighted by atomic mass is 35.5. The highest BCUT2D eigenvalue weighted by molar-refractivity contribution is 6.30. The van der Waals surface area contributed by atoms with Crippen molar-refractivity contribution in [3.63, 3.8) is 0 Å². The average molecular weight is 475 g/mol. The number of rotatable bonds is 7. The number of oxazole rings is 1. The Hall–Kier alpha value is -4.02. The van der Waals surface area contributed by atoms with Crippen molar-refractivity contribution in [3.05, 3.63) is 88.9 Å². The van der Waals surface area contributed by atoms with Gasteiger partial charge in [0.15, 0.2) is 0 Å². The lowest BCUT2D eigenvalue weighted by atomic mass is 10.1. The number of hydrogen-bond acceptors (Lipinski definition) is 6. The van der Waals surface area contributed by atoms with Crippen LogP contribution in [0.3, 0.4) is 0 Å². The van der Waals surface area contributed by atoms with Gasteiger partial charge in [-0.15, -0.1) is 0 Å². The fraction of sp³-hybridized carbons (Fsp3) is 0.192. The number of carbonyl (C=O) groups is 1. The van der Waals surface area contributed by atoms with Crippen LogP contribution in [0.2, 0.25) is 5.02 Å². The summed E-state index contributed by atoms with van der Waals surface area (Å²) in [5.41, 5.74) is 1.77. The van der Waals surface area contributed by atoms with E-state index in [2.05, 4.69) is 17.6 Å². The number of piperazine rings is 1. The molecular formula is C26H23ClN4O3. The number of aromatic nitrogens is 1. The molecule has 0 unspecified atom stereocenters. The maximum atomic E-state index is 12.9. The first-order chi connectivity index (χ1) is 16.6. The first-order valence-corrected chi connectivity index (χ1v) is 11.2. The van der Waals surface area contributed by atoms with Gasteiger partial charge in [0.25, 0.3) is 5.91 Å². The molecule has 1 fully saturated rings. The summed E-state index contributed by atoms with van der Waals surface area (Å²) in [6.45, 7) is 6.13. The van der Waals surface area contributed by atoms with E-state index in [9.17, 15) is 10.1 Å². The van der Waals surface area contributed by atoms with E-state index in [4.69, 9.17) is 20.8 Å². The van der Waals surface area contributed by atoms with Crippen LogP contribution in [0.4, 0.5) is 5.88 Å². The molecule has 4 rings (SSSR count). The topological polar surface area (TPSA) is 82.6 Å². The molecule has 2 heterocycles. The maximum Gasteiger partial charge on any atom is 0.253 e. The van der Waals surface area contributed by atoms with E-state index >= 15 is 0 Å². The first-order valence-electron chi connectivity index (χ1n) is 10.8. The molecule has 0 N–H and O–H groups in total. The highest BCUT2D eigenvalue weighted by Gasteiger charge is 2.26. The molecule has 1 aromatic heterocycles. The van der Waals surface area contributed by atoms with Crippen LogP contribution in [-0.2, 0) is 0 Å². The maximum absolute atomic E-state index is 12.9. The second-order valence-electron chi connectivity index (χ2n) is 7.61. The van der Waals surface area contributed by atoms with Crippen LogP contribution in [0.5, 0.6) is 5.75 Å². The van der Waals surface area contributed by atoms with Gasteiger partial charge in [-0.1, -0.05) is 36.4 Å². The summed E-state index contributed by atoms with van der Waals surface area (Å²) in [5, 5.41) is 10.2. The number of carbonyl (C=O) groups excluding carboxylic acids is 1. The third-order valence-electron chi connectivity index (χ3n) is 5.34. The van der Waals surface area contributed by atoms with Crippen LogP contribution in [0, 0.1) is 11.3 Å². The molecule has 1 aliphatic heterocycles. The Morgan fingerprint density at radius 3 is 2.47 bits per heavy atom. The Morgan fingerprint density at radius 2 is 1.82 bits per heavy atom. The number of halogens is 1. The van der Waals surface area contributed by atoms with Gasteiger partial charge in [0.2, 0.25) is 17.5 Å². The van der Waals surface area contributed by atoms with E-state index in [1.165, 1.54) is 0 Å². The second kappa shape index (κ2) is 10.7. The number of nitriles is 1. The minimum Gasteiger partial charge on any atom is -0.490 e. The van der Waals surface area contributed by atoms with Crippen LogP contribution < -0.4 is 9.64 Å². The van der Waals surface area contributed by atoms with Gasteiger partial charge in [-0.25, -0.2) is 0 Å². The number of ether oxygens (including phenoxy) is 1. The summed E-state index contributed by atoms with van der Waals surface area (Å²) < 4.78 is 11.3. The predicted octanol–water partition coefficient (Wildman–Crippen LogP) is 4.90. The molecule has 0 atom stereocenters. The molecule has 3 aromatic rings. The van der Waals surface area contributed by atoms with Gasteiger partial charge in [-0.05, 0) is 48.0 Å². The normalized spacial score (nSPS) is 13.6. The molecular weight excluding hydrogens is 452 g/mol. The molecule has 0 aliphatic carbocycles. The molecule has 7 nitrogen and oxygen atoms in total. The molecule has 8 heteroatoms. The number of anilines is 1. The third-order valence-corrected chi connectivity index (χ3v) is 5.60. The minimum absolute atomic E-state index is 0.0421. The lowest BCUT2D eigenvalue weighted by molar-refractivity contribution is 0.0745. The smallest absolute Gasteiger partial charge is 0.253 e. The summed E-state index contributed by atoms with van der Waals surface area (Å²) >= 11 is 5.92. The molecule has 2 aromatic carbocycles. The van der Waals surface area contributed by atoms with Gasteiger partial charge in [0.05, 0.1) is 0 Å². The van der Waals surface area contributed by atoms with Crippen molar-refractivity contribution in [2.45, 2.75) is 0 Å². The molecule has 0 saturated carbocycles. The Bertz CT molecular complexity index is 1220. The van der Waals surface area contributed by atoms with E-state index in [1.54, 1.807) is 53.5 Å². The Balaban J connectivity index is 1.38. The fourth-order valence-corrected chi connectivity index (χ4v) is 3.70. The van der Waals surface area contributed by atoms with Gasteiger partial charge in [0, 0.05) is 42.8 Å². The van der Waals surface area contributed by atoms with E-state index in [-0.39, 0.29) is 11.6 Å². The number of amides is 1. The second-order valence-corrected chi connectivity index (χ2v) is 8.04. The average Bonchev–Trinajstić information content (AvgIpc) is 3.30.